The van der Waals surface area contributed by atoms with E-state index in [1.807, 2.05) is 4.98 Å². The highest BCUT2D eigenvalue weighted by molar-refractivity contribution is 5.81. The summed E-state index contributed by atoms with van der Waals surface area (Å²) >= 11 is 0. The first-order valence-corrected chi connectivity index (χ1v) is 5.72. The van der Waals surface area contributed by atoms with E-state index in [4.69, 9.17) is 9.84 Å². The normalized spacial score (nSPS) is 10.2. The molecule has 0 fully saturated rings. The predicted molar refractivity (Wildman–Crippen MR) is 67.4 cm³/mol. The number of aliphatic carboxylic acids is 1. The molecule has 0 atom stereocenters. The van der Waals surface area contributed by atoms with Crippen molar-refractivity contribution in [1.29, 1.82) is 0 Å². The van der Waals surface area contributed by atoms with Crippen LogP contribution in [0.5, 0.6) is 0 Å². The second-order valence-electron chi connectivity index (χ2n) is 3.94. The van der Waals surface area contributed by atoms with Gasteiger partial charge in [-0.2, -0.15) is 0 Å². The van der Waals surface area contributed by atoms with Gasteiger partial charge in [-0.05, 0) is 0 Å². The van der Waals surface area contributed by atoms with E-state index in [2.05, 4.69) is 0 Å². The number of carboxylic acid groups (broad SMARTS) is 1. The van der Waals surface area contributed by atoms with Gasteiger partial charge in [0.25, 0.3) is 5.56 Å². The molecule has 2 N–H and O–H groups in total. The molecule has 0 radical (unpaired) electrons. The summed E-state index contributed by atoms with van der Waals surface area (Å²) in [6, 6.07) is 1.10. The van der Waals surface area contributed by atoms with Gasteiger partial charge in [0.05, 0.1) is 6.61 Å². The Balaban J connectivity index is 2.81. The van der Waals surface area contributed by atoms with E-state index in [0.29, 0.717) is 0 Å². The number of methoxy groups -OCH3 is 1. The van der Waals surface area contributed by atoms with Crippen LogP contribution in [0.2, 0.25) is 0 Å². The number of carbonyl (C=O) groups is 2. The van der Waals surface area contributed by atoms with Crippen molar-refractivity contribution in [3.05, 3.63) is 33.1 Å². The Labute approximate surface area is 113 Å². The van der Waals surface area contributed by atoms with Gasteiger partial charge in [0.15, 0.2) is 0 Å². The van der Waals surface area contributed by atoms with Crippen molar-refractivity contribution in [2.45, 2.75) is 6.54 Å². The minimum absolute atomic E-state index is 0.0970. The molecule has 9 nitrogen and oxygen atoms in total. The molecule has 0 aliphatic carbocycles. The maximum atomic E-state index is 11.9. The number of aromatic amines is 1. The summed E-state index contributed by atoms with van der Waals surface area (Å²) in [5.41, 5.74) is -1.30. The van der Waals surface area contributed by atoms with E-state index in [1.165, 1.54) is 13.3 Å². The van der Waals surface area contributed by atoms with Crippen LogP contribution in [0.1, 0.15) is 0 Å². The summed E-state index contributed by atoms with van der Waals surface area (Å²) in [7, 11) is 1.43. The van der Waals surface area contributed by atoms with Crippen molar-refractivity contribution < 1.29 is 19.4 Å². The van der Waals surface area contributed by atoms with Crippen LogP contribution in [-0.4, -0.2) is 58.2 Å². The molecular formula is C11H15N3O6. The van der Waals surface area contributed by atoms with E-state index < -0.39 is 29.7 Å². The largest absolute Gasteiger partial charge is 0.480 e. The minimum Gasteiger partial charge on any atom is -0.480 e. The summed E-state index contributed by atoms with van der Waals surface area (Å²) in [5.74, 6) is -1.72. The Bertz CT molecular complexity index is 590. The Morgan fingerprint density at radius 3 is 2.70 bits per heavy atom. The zero-order valence-corrected chi connectivity index (χ0v) is 10.9. The van der Waals surface area contributed by atoms with Crippen LogP contribution < -0.4 is 11.2 Å². The average Bonchev–Trinajstić information content (AvgIpc) is 2.37. The first-order valence-electron chi connectivity index (χ1n) is 5.72. The van der Waals surface area contributed by atoms with E-state index in [1.54, 1.807) is 0 Å². The zero-order valence-electron chi connectivity index (χ0n) is 10.9. The summed E-state index contributed by atoms with van der Waals surface area (Å²) in [6.45, 7) is -0.563. The molecule has 0 aliphatic rings. The van der Waals surface area contributed by atoms with Gasteiger partial charge < -0.3 is 14.7 Å². The van der Waals surface area contributed by atoms with Crippen LogP contribution in [0.4, 0.5) is 0 Å². The van der Waals surface area contributed by atoms with Crippen molar-refractivity contribution in [1.82, 2.24) is 14.5 Å². The highest BCUT2D eigenvalue weighted by atomic mass is 16.5. The van der Waals surface area contributed by atoms with Gasteiger partial charge in [0, 0.05) is 25.9 Å². The second kappa shape index (κ2) is 7.24. The lowest BCUT2D eigenvalue weighted by atomic mass is 10.4. The van der Waals surface area contributed by atoms with Crippen molar-refractivity contribution >= 4 is 11.9 Å². The topological polar surface area (TPSA) is 122 Å². The van der Waals surface area contributed by atoms with Crippen LogP contribution >= 0.6 is 0 Å². The van der Waals surface area contributed by atoms with E-state index in [9.17, 15) is 19.2 Å². The van der Waals surface area contributed by atoms with E-state index in [-0.39, 0.29) is 19.7 Å². The van der Waals surface area contributed by atoms with E-state index >= 15 is 0 Å². The lowest BCUT2D eigenvalue weighted by Gasteiger charge is -2.20. The van der Waals surface area contributed by atoms with Gasteiger partial charge in [0.2, 0.25) is 5.91 Å². The molecule has 0 aliphatic heterocycles. The Kier molecular flexibility index (Phi) is 5.66. The molecule has 9 heteroatoms. The molecular weight excluding hydrogens is 270 g/mol. The molecule has 1 aromatic rings. The fourth-order valence-electron chi connectivity index (χ4n) is 1.47. The Hall–Kier alpha value is -2.42. The molecule has 1 aromatic heterocycles. The number of carboxylic acids is 1. The summed E-state index contributed by atoms with van der Waals surface area (Å²) in [6.07, 6.45) is 1.17. The molecule has 0 aromatic carbocycles. The maximum Gasteiger partial charge on any atom is 0.328 e. The molecule has 0 bridgehead atoms. The molecule has 1 rings (SSSR count). The van der Waals surface area contributed by atoms with Gasteiger partial charge in [-0.25, -0.2) is 4.79 Å². The van der Waals surface area contributed by atoms with Crippen molar-refractivity contribution in [3.63, 3.8) is 0 Å². The number of ether oxygens (including phenoxy) is 1. The van der Waals surface area contributed by atoms with Crippen molar-refractivity contribution in [2.24, 2.45) is 0 Å². The number of hydrogen-bond acceptors (Lipinski definition) is 5. The molecule has 0 saturated heterocycles. The van der Waals surface area contributed by atoms with Gasteiger partial charge >= 0.3 is 11.7 Å². The molecule has 0 saturated carbocycles. The number of nitrogens with zero attached hydrogens (tertiary/aromatic N) is 2. The monoisotopic (exact) mass is 285 g/mol. The highest BCUT2D eigenvalue weighted by Crippen LogP contribution is 1.93. The lowest BCUT2D eigenvalue weighted by Crippen LogP contribution is -2.42. The van der Waals surface area contributed by atoms with Crippen molar-refractivity contribution in [3.8, 4) is 0 Å². The average molecular weight is 285 g/mol. The van der Waals surface area contributed by atoms with Crippen LogP contribution in [0.25, 0.3) is 0 Å². The number of amides is 1. The SMILES string of the molecule is COCCN(CC(=O)O)C(=O)Cn1ccc(=O)[nH]c1=O. The number of H-pyrrole nitrogens is 1. The quantitative estimate of drug-likeness (QED) is 0.603. The third kappa shape index (κ3) is 4.69. The molecule has 0 spiro atoms. The number of carbonyl (C=O) groups excluding carboxylic acids is 1. The molecule has 20 heavy (non-hydrogen) atoms. The zero-order chi connectivity index (χ0) is 15.1. The summed E-state index contributed by atoms with van der Waals surface area (Å²) in [4.78, 5) is 48.0. The smallest absolute Gasteiger partial charge is 0.328 e. The number of rotatable bonds is 7. The third-order valence-electron chi connectivity index (χ3n) is 2.45. The van der Waals surface area contributed by atoms with Crippen LogP contribution in [0, 0.1) is 0 Å². The fourth-order valence-corrected chi connectivity index (χ4v) is 1.47. The Morgan fingerprint density at radius 2 is 2.15 bits per heavy atom. The van der Waals surface area contributed by atoms with Gasteiger partial charge in [-0.15, -0.1) is 0 Å². The Morgan fingerprint density at radius 1 is 1.45 bits per heavy atom. The summed E-state index contributed by atoms with van der Waals surface area (Å²) in [5, 5.41) is 8.74. The van der Waals surface area contributed by atoms with Gasteiger partial charge in [-0.3, -0.25) is 23.9 Å². The van der Waals surface area contributed by atoms with Crippen LogP contribution in [0.3, 0.4) is 0 Å². The molecule has 1 amide bonds. The number of hydrogen-bond donors (Lipinski definition) is 2. The van der Waals surface area contributed by atoms with Gasteiger partial charge in [-0.1, -0.05) is 0 Å². The number of aromatic nitrogens is 2. The third-order valence-corrected chi connectivity index (χ3v) is 2.45. The standard InChI is InChI=1S/C11H15N3O6/c1-20-5-4-13(7-10(17)18)9(16)6-14-3-2-8(15)12-11(14)19/h2-3H,4-7H2,1H3,(H,17,18)(H,12,15,19). The minimum atomic E-state index is -1.16. The van der Waals surface area contributed by atoms with Crippen molar-refractivity contribution in [2.75, 3.05) is 26.8 Å². The molecule has 0 unspecified atom stereocenters. The highest BCUT2D eigenvalue weighted by Gasteiger charge is 2.17. The first-order chi connectivity index (χ1) is 9.43. The molecule has 1 heterocycles. The fraction of sp³-hybridized carbons (Fsp3) is 0.455. The van der Waals surface area contributed by atoms with Gasteiger partial charge in [0.1, 0.15) is 13.1 Å². The summed E-state index contributed by atoms with van der Waals surface area (Å²) < 4.78 is 5.78. The maximum absolute atomic E-state index is 11.9. The van der Waals surface area contributed by atoms with Crippen LogP contribution in [-0.2, 0) is 20.9 Å². The second-order valence-corrected chi connectivity index (χ2v) is 3.94. The predicted octanol–water partition coefficient (Wildman–Crippen LogP) is -1.90. The molecule has 110 valence electrons. The van der Waals surface area contributed by atoms with Crippen LogP contribution in [0.15, 0.2) is 21.9 Å². The number of nitrogens with one attached hydrogen (secondary N) is 1. The lowest BCUT2D eigenvalue weighted by molar-refractivity contribution is -0.145. The van der Waals surface area contributed by atoms with E-state index in [0.717, 1.165) is 15.5 Å². The first kappa shape index (κ1) is 15.6.